The van der Waals surface area contributed by atoms with Crippen molar-refractivity contribution in [3.8, 4) is 0 Å². The quantitative estimate of drug-likeness (QED) is 0.131. The van der Waals surface area contributed by atoms with Crippen LogP contribution in [0, 0.1) is 22.0 Å². The molecule has 0 bridgehead atoms. The Morgan fingerprint density at radius 3 is 2.32 bits per heavy atom. The Hall–Kier alpha value is -1.75. The van der Waals surface area contributed by atoms with Crippen LogP contribution < -0.4 is 0 Å². The number of allylic oxidation sites excluding steroid dienone is 1. The summed E-state index contributed by atoms with van der Waals surface area (Å²) < 4.78 is 12.4. The number of carbonyl (C=O) groups is 1. The number of nitro groups is 1. The Morgan fingerprint density at radius 2 is 1.82 bits per heavy atom. The van der Waals surface area contributed by atoms with Crippen molar-refractivity contribution in [2.75, 3.05) is 0 Å². The van der Waals surface area contributed by atoms with Gasteiger partial charge in [0, 0.05) is 17.0 Å². The van der Waals surface area contributed by atoms with Gasteiger partial charge < -0.3 is 9.16 Å². The molecule has 1 saturated heterocycles. The summed E-state index contributed by atoms with van der Waals surface area (Å²) in [7, 11) is -2.01. The number of fused-ring (bicyclic) bond motifs is 1. The molecule has 0 aliphatic carbocycles. The highest BCUT2D eigenvalue weighted by Crippen LogP contribution is 2.53. The lowest BCUT2D eigenvalue weighted by Crippen LogP contribution is -2.62. The summed E-state index contributed by atoms with van der Waals surface area (Å²) in [6.45, 7) is 17.4. The van der Waals surface area contributed by atoms with Gasteiger partial charge in [0.2, 0.25) is 11.0 Å². The predicted molar refractivity (Wildman–Crippen MR) is 142 cm³/mol. The fourth-order valence-corrected chi connectivity index (χ4v) is 7.24. The van der Waals surface area contributed by atoms with Crippen LogP contribution in [0.15, 0.2) is 34.9 Å². The van der Waals surface area contributed by atoms with E-state index in [-0.39, 0.29) is 51.6 Å². The number of hydrogen-bond acceptors (Lipinski definition) is 7. The average Bonchev–Trinajstić information content (AvgIpc) is 3.06. The van der Waals surface area contributed by atoms with Crippen molar-refractivity contribution in [3.05, 3.63) is 50.5 Å². The van der Waals surface area contributed by atoms with Crippen LogP contribution in [0.25, 0.3) is 0 Å². The molecule has 3 rings (SSSR count). The summed E-state index contributed by atoms with van der Waals surface area (Å²) in [5.41, 5.74) is 1.48. The average molecular weight is 523 g/mol. The lowest BCUT2D eigenvalue weighted by Gasteiger charge is -2.48. The summed E-state index contributed by atoms with van der Waals surface area (Å²) in [6.07, 6.45) is -0.176. The topological polar surface area (TPSA) is 81.9 Å². The molecule has 0 unspecified atom stereocenters. The first-order valence-corrected chi connectivity index (χ1v) is 15.7. The monoisotopic (exact) mass is 522 g/mol. The molecule has 10 heteroatoms. The number of thioether (sulfide) groups is 1. The van der Waals surface area contributed by atoms with Gasteiger partial charge in [-0.15, -0.1) is 11.8 Å². The molecule has 34 heavy (non-hydrogen) atoms. The second-order valence-electron chi connectivity index (χ2n) is 10.7. The minimum atomic E-state index is -2.01. The fourth-order valence-electron chi connectivity index (χ4n) is 3.84. The molecule has 0 saturated carbocycles. The van der Waals surface area contributed by atoms with E-state index in [1.807, 2.05) is 6.92 Å². The van der Waals surface area contributed by atoms with Crippen molar-refractivity contribution < 1.29 is 18.9 Å². The molecule has 0 radical (unpaired) electrons. The third kappa shape index (κ3) is 5.10. The first-order chi connectivity index (χ1) is 15.7. The number of nitro benzene ring substituents is 1. The number of hydrogen-bond donors (Lipinski definition) is 0. The molecule has 0 aromatic heterocycles. The molecule has 186 valence electrons. The Kier molecular flexibility index (Phi) is 7.67. The van der Waals surface area contributed by atoms with Crippen LogP contribution in [-0.2, 0) is 20.6 Å². The van der Waals surface area contributed by atoms with Crippen LogP contribution in [0.3, 0.4) is 0 Å². The number of amides is 1. The molecule has 2 aliphatic rings. The predicted octanol–water partition coefficient (Wildman–Crippen LogP) is 6.25. The summed E-state index contributed by atoms with van der Waals surface area (Å²) in [5, 5.41) is 11.2. The number of benzene rings is 1. The van der Waals surface area contributed by atoms with E-state index in [2.05, 4.69) is 47.7 Å². The van der Waals surface area contributed by atoms with Gasteiger partial charge in [-0.25, -0.2) is 0 Å². The number of β-lactam (4-membered cyclic amide) rings is 1. The van der Waals surface area contributed by atoms with Crippen LogP contribution in [0.2, 0.25) is 18.1 Å². The van der Waals surface area contributed by atoms with Gasteiger partial charge in [-0.3, -0.25) is 19.8 Å². The summed E-state index contributed by atoms with van der Waals surface area (Å²) in [6, 6.07) is 6.18. The van der Waals surface area contributed by atoms with Crippen molar-refractivity contribution in [1.82, 2.24) is 4.90 Å². The highest BCUT2D eigenvalue weighted by atomic mass is 32.2. The smallest absolute Gasteiger partial charge is 0.269 e. The van der Waals surface area contributed by atoms with Gasteiger partial charge in [0.05, 0.1) is 16.9 Å². The highest BCUT2D eigenvalue weighted by molar-refractivity contribution is 8.04. The van der Waals surface area contributed by atoms with Crippen molar-refractivity contribution in [1.29, 1.82) is 0 Å². The number of nitrogens with zero attached hydrogens (tertiary/aromatic N) is 2. The van der Waals surface area contributed by atoms with Crippen LogP contribution >= 0.6 is 24.0 Å². The minimum absolute atomic E-state index is 0.0237. The van der Waals surface area contributed by atoms with E-state index in [1.54, 1.807) is 28.8 Å². The third-order valence-corrected chi connectivity index (χ3v) is 13.4. The van der Waals surface area contributed by atoms with E-state index >= 15 is 0 Å². The molecule has 1 aromatic carbocycles. The summed E-state index contributed by atoms with van der Waals surface area (Å²) in [4.78, 5) is 26.6. The zero-order chi connectivity index (χ0) is 25.6. The first-order valence-electron chi connectivity index (χ1n) is 11.5. The lowest BCUT2D eigenvalue weighted by molar-refractivity contribution is -0.384. The molecule has 0 N–H and O–H groups in total. The zero-order valence-electron chi connectivity index (χ0n) is 21.1. The molecule has 2 aliphatic heterocycles. The SMILES string of the molecule is CC(C)C1=C(C(=S)OCc2ccc([N+](=O)[O-])cc2)N2C(=O)[C@@H]([C@H](C)O[Si](C)(C)C(C)(C)C)[C@H]2S1. The molecule has 7 nitrogen and oxygen atoms in total. The van der Waals surface area contributed by atoms with Crippen molar-refractivity contribution >= 4 is 48.9 Å². The van der Waals surface area contributed by atoms with E-state index in [0.29, 0.717) is 5.70 Å². The molecule has 2 heterocycles. The van der Waals surface area contributed by atoms with Crippen LogP contribution in [0.4, 0.5) is 5.69 Å². The van der Waals surface area contributed by atoms with Crippen LogP contribution in [0.1, 0.15) is 47.1 Å². The van der Waals surface area contributed by atoms with Gasteiger partial charge in [-0.1, -0.05) is 34.6 Å². The van der Waals surface area contributed by atoms with Gasteiger partial charge in [0.1, 0.15) is 17.7 Å². The second kappa shape index (κ2) is 9.71. The van der Waals surface area contributed by atoms with Crippen molar-refractivity contribution in [3.63, 3.8) is 0 Å². The lowest BCUT2D eigenvalue weighted by atomic mass is 9.92. The largest absolute Gasteiger partial charge is 0.477 e. The maximum absolute atomic E-state index is 13.3. The van der Waals surface area contributed by atoms with Gasteiger partial charge >= 0.3 is 0 Å². The number of ether oxygens (including phenoxy) is 1. The molecule has 3 atom stereocenters. The van der Waals surface area contributed by atoms with Gasteiger partial charge in [0.25, 0.3) is 5.69 Å². The maximum Gasteiger partial charge on any atom is 0.269 e. The fraction of sp³-hybridized carbons (Fsp3) is 0.583. The third-order valence-electron chi connectivity index (χ3n) is 6.83. The van der Waals surface area contributed by atoms with E-state index in [9.17, 15) is 14.9 Å². The Labute approximate surface area is 212 Å². The van der Waals surface area contributed by atoms with Crippen molar-refractivity contribution in [2.24, 2.45) is 11.8 Å². The molecule has 1 fully saturated rings. The molecule has 1 amide bonds. The zero-order valence-corrected chi connectivity index (χ0v) is 23.7. The Bertz CT molecular complexity index is 1020. The molecule has 0 spiro atoms. The van der Waals surface area contributed by atoms with Gasteiger partial charge in [-0.05, 0) is 60.9 Å². The molecular formula is C24H34N2O5S2Si. The van der Waals surface area contributed by atoms with Crippen LogP contribution in [-0.4, -0.2) is 40.6 Å². The number of carbonyl (C=O) groups excluding carboxylic acids is 1. The van der Waals surface area contributed by atoms with Gasteiger partial charge in [0.15, 0.2) is 8.32 Å². The Balaban J connectivity index is 1.72. The van der Waals surface area contributed by atoms with Crippen molar-refractivity contribution in [2.45, 2.75) is 77.8 Å². The normalized spacial score (nSPS) is 21.4. The molecular weight excluding hydrogens is 488 g/mol. The van der Waals surface area contributed by atoms with E-state index < -0.39 is 13.2 Å². The van der Waals surface area contributed by atoms with Gasteiger partial charge in [-0.2, -0.15) is 0 Å². The number of rotatable bonds is 8. The first kappa shape index (κ1) is 26.8. The summed E-state index contributed by atoms with van der Waals surface area (Å²) >= 11 is 7.30. The Morgan fingerprint density at radius 1 is 1.24 bits per heavy atom. The summed E-state index contributed by atoms with van der Waals surface area (Å²) in [5.74, 6) is -0.00455. The van der Waals surface area contributed by atoms with E-state index in [0.717, 1.165) is 10.5 Å². The highest BCUT2D eigenvalue weighted by Gasteiger charge is 2.58. The maximum atomic E-state index is 13.3. The van der Waals surface area contributed by atoms with E-state index in [1.165, 1.54) is 12.1 Å². The molecule has 1 aromatic rings. The number of thiocarbonyl (C=S) groups is 1. The van der Waals surface area contributed by atoms with Crippen LogP contribution in [0.5, 0.6) is 0 Å². The minimum Gasteiger partial charge on any atom is -0.477 e. The number of non-ortho nitro benzene ring substituents is 1. The standard InChI is InChI=1S/C24H34N2O5S2Si/c1-14(2)20-19(23(32)30-13-16-9-11-17(12-10-16)26(28)29)25-21(27)18(22(25)33-20)15(3)31-34(7,8)24(4,5)6/h9-12,14-15,18,22H,13H2,1-8H3/t15-,18+,22+/m0/s1. The second-order valence-corrected chi connectivity index (χ2v) is 17.0. The van der Waals surface area contributed by atoms with E-state index in [4.69, 9.17) is 21.4 Å².